The molecule has 1 fully saturated rings. The summed E-state index contributed by atoms with van der Waals surface area (Å²) in [5, 5.41) is 15.3. The van der Waals surface area contributed by atoms with E-state index in [0.29, 0.717) is 47.5 Å². The predicted molar refractivity (Wildman–Crippen MR) is 130 cm³/mol. The zero-order chi connectivity index (χ0) is 26.2. The Kier molecular flexibility index (Phi) is 6.93. The maximum atomic E-state index is 13.7. The van der Waals surface area contributed by atoms with E-state index in [-0.39, 0.29) is 17.0 Å². The smallest absolute Gasteiger partial charge is 0.417 e. The summed E-state index contributed by atoms with van der Waals surface area (Å²) < 4.78 is 41.1. The van der Waals surface area contributed by atoms with Gasteiger partial charge in [0.2, 0.25) is 0 Å². The standard InChI is InChI=1S/C27H28F3N3O3/c1-14-5-4-6-20(27(28,29)30)22(14)25(34)33-21-12-18(19-11-15(19)2)13-32-24(21)23(31-3)16-7-9-17(10-8-16)26(35)36/h4-10,15,18-19,32H,11-13H2,1-3H3,(H,33,34)(H,35,36)/t15?,18?,19-/m0/s1. The maximum absolute atomic E-state index is 13.7. The summed E-state index contributed by atoms with van der Waals surface area (Å²) in [7, 11) is 1.58. The normalized spacial score (nSPS) is 22.2. The molecule has 0 radical (unpaired) electrons. The molecule has 190 valence electrons. The van der Waals surface area contributed by atoms with Crippen LogP contribution in [0.1, 0.15) is 57.2 Å². The molecule has 2 aromatic carbocycles. The molecule has 1 heterocycles. The minimum atomic E-state index is -4.67. The Morgan fingerprint density at radius 2 is 1.75 bits per heavy atom. The summed E-state index contributed by atoms with van der Waals surface area (Å²) in [5.41, 5.74) is 1.10. The van der Waals surface area contributed by atoms with Crippen molar-refractivity contribution in [1.29, 1.82) is 0 Å². The van der Waals surface area contributed by atoms with Gasteiger partial charge in [0.15, 0.2) is 0 Å². The molecule has 4 rings (SSSR count). The number of aromatic carboxylic acids is 1. The van der Waals surface area contributed by atoms with Gasteiger partial charge >= 0.3 is 12.1 Å². The van der Waals surface area contributed by atoms with Gasteiger partial charge in [0.25, 0.3) is 5.91 Å². The van der Waals surface area contributed by atoms with Crippen molar-refractivity contribution in [2.45, 2.75) is 32.9 Å². The van der Waals surface area contributed by atoms with Crippen molar-refractivity contribution in [1.82, 2.24) is 10.6 Å². The lowest BCUT2D eigenvalue weighted by Crippen LogP contribution is -2.40. The molecule has 1 aliphatic carbocycles. The number of carboxylic acid groups (broad SMARTS) is 1. The molecule has 0 saturated heterocycles. The number of aliphatic imine (C=N–C) groups is 1. The molecule has 0 bridgehead atoms. The van der Waals surface area contributed by atoms with Crippen LogP contribution in [-0.4, -0.2) is 36.3 Å². The Bertz CT molecular complexity index is 1250. The van der Waals surface area contributed by atoms with E-state index in [2.05, 4.69) is 22.5 Å². The molecule has 0 aromatic heterocycles. The van der Waals surface area contributed by atoms with Crippen LogP contribution in [0, 0.1) is 24.7 Å². The Morgan fingerprint density at radius 3 is 2.31 bits per heavy atom. The lowest BCUT2D eigenvalue weighted by molar-refractivity contribution is -0.138. The third kappa shape index (κ3) is 5.15. The van der Waals surface area contributed by atoms with Gasteiger partial charge in [0, 0.05) is 24.9 Å². The first-order valence-electron chi connectivity index (χ1n) is 11.8. The van der Waals surface area contributed by atoms with E-state index in [1.54, 1.807) is 19.2 Å². The number of allylic oxidation sites excluding steroid dienone is 2. The van der Waals surface area contributed by atoms with Crippen molar-refractivity contribution in [2.75, 3.05) is 13.6 Å². The summed E-state index contributed by atoms with van der Waals surface area (Å²) >= 11 is 0. The van der Waals surface area contributed by atoms with Crippen LogP contribution in [0.25, 0.3) is 0 Å². The zero-order valence-electron chi connectivity index (χ0n) is 20.2. The molecule has 1 amide bonds. The van der Waals surface area contributed by atoms with Crippen LogP contribution >= 0.6 is 0 Å². The molecule has 2 aromatic rings. The average Bonchev–Trinajstić information content (AvgIpc) is 3.56. The van der Waals surface area contributed by atoms with Crippen molar-refractivity contribution in [3.8, 4) is 0 Å². The number of hydrogen-bond acceptors (Lipinski definition) is 4. The Morgan fingerprint density at radius 1 is 1.11 bits per heavy atom. The number of amides is 1. The fraction of sp³-hybridized carbons (Fsp3) is 0.370. The summed E-state index contributed by atoms with van der Waals surface area (Å²) in [5.74, 6) is -0.612. The SMILES string of the molecule is CN=C(C1=C(NC(=O)c2c(C)cccc2C(F)(F)F)CC([C@H]2CC2C)CN1)c1ccc(C(=O)O)cc1. The van der Waals surface area contributed by atoms with E-state index in [9.17, 15) is 27.9 Å². The topological polar surface area (TPSA) is 90.8 Å². The van der Waals surface area contributed by atoms with Crippen LogP contribution in [0.4, 0.5) is 13.2 Å². The van der Waals surface area contributed by atoms with Gasteiger partial charge in [-0.2, -0.15) is 13.2 Å². The summed E-state index contributed by atoms with van der Waals surface area (Å²) in [4.78, 5) is 28.9. The van der Waals surface area contributed by atoms with E-state index >= 15 is 0 Å². The number of carboxylic acids is 1. The molecule has 2 aliphatic rings. The van der Waals surface area contributed by atoms with Gasteiger partial charge < -0.3 is 15.7 Å². The quantitative estimate of drug-likeness (QED) is 0.486. The monoisotopic (exact) mass is 499 g/mol. The lowest BCUT2D eigenvalue weighted by atomic mass is 9.90. The van der Waals surface area contributed by atoms with E-state index in [0.717, 1.165) is 12.5 Å². The molecule has 2 unspecified atom stereocenters. The fourth-order valence-corrected chi connectivity index (χ4v) is 4.99. The van der Waals surface area contributed by atoms with Crippen LogP contribution in [0.2, 0.25) is 0 Å². The van der Waals surface area contributed by atoms with Crippen molar-refractivity contribution < 1.29 is 27.9 Å². The molecular weight excluding hydrogens is 471 g/mol. The highest BCUT2D eigenvalue weighted by Gasteiger charge is 2.42. The predicted octanol–water partition coefficient (Wildman–Crippen LogP) is 5.04. The van der Waals surface area contributed by atoms with Gasteiger partial charge in [-0.3, -0.25) is 9.79 Å². The molecule has 3 N–H and O–H groups in total. The van der Waals surface area contributed by atoms with Crippen LogP contribution in [-0.2, 0) is 6.18 Å². The number of nitrogens with zero attached hydrogens (tertiary/aromatic N) is 1. The highest BCUT2D eigenvalue weighted by molar-refractivity contribution is 6.13. The number of nitrogens with one attached hydrogen (secondary N) is 2. The van der Waals surface area contributed by atoms with Gasteiger partial charge in [0.1, 0.15) is 0 Å². The highest BCUT2D eigenvalue weighted by atomic mass is 19.4. The number of halogens is 3. The van der Waals surface area contributed by atoms with Crippen LogP contribution in [0.3, 0.4) is 0 Å². The van der Waals surface area contributed by atoms with Gasteiger partial charge in [-0.15, -0.1) is 0 Å². The van der Waals surface area contributed by atoms with Gasteiger partial charge in [-0.1, -0.05) is 31.2 Å². The second-order valence-electron chi connectivity index (χ2n) is 9.48. The summed E-state index contributed by atoms with van der Waals surface area (Å²) in [6, 6.07) is 9.85. The molecule has 9 heteroatoms. The number of carbonyl (C=O) groups is 2. The number of rotatable bonds is 6. The minimum Gasteiger partial charge on any atom is -0.478 e. The maximum Gasteiger partial charge on any atom is 0.417 e. The average molecular weight is 500 g/mol. The van der Waals surface area contributed by atoms with Crippen LogP contribution < -0.4 is 10.6 Å². The Balaban J connectivity index is 1.73. The third-order valence-electron chi connectivity index (χ3n) is 7.02. The van der Waals surface area contributed by atoms with Crippen LogP contribution in [0.5, 0.6) is 0 Å². The zero-order valence-corrected chi connectivity index (χ0v) is 20.2. The van der Waals surface area contributed by atoms with Gasteiger partial charge in [0.05, 0.1) is 28.1 Å². The van der Waals surface area contributed by atoms with Crippen LogP contribution in [0.15, 0.2) is 58.9 Å². The molecular formula is C27H28F3N3O3. The first-order valence-corrected chi connectivity index (χ1v) is 11.8. The van der Waals surface area contributed by atoms with Gasteiger partial charge in [-0.25, -0.2) is 4.79 Å². The van der Waals surface area contributed by atoms with Crippen molar-refractivity contribution in [3.05, 3.63) is 81.7 Å². The fourth-order valence-electron chi connectivity index (χ4n) is 4.99. The summed E-state index contributed by atoms with van der Waals surface area (Å²) in [6.07, 6.45) is -3.11. The van der Waals surface area contributed by atoms with E-state index < -0.39 is 29.2 Å². The molecule has 1 aliphatic heterocycles. The lowest BCUT2D eigenvalue weighted by Gasteiger charge is -2.30. The number of alkyl halides is 3. The van der Waals surface area contributed by atoms with E-state index in [4.69, 9.17) is 0 Å². The van der Waals surface area contributed by atoms with Crippen molar-refractivity contribution >= 4 is 17.6 Å². The Hall–Kier alpha value is -3.62. The first-order chi connectivity index (χ1) is 17.0. The second kappa shape index (κ2) is 9.79. The molecule has 3 atom stereocenters. The van der Waals surface area contributed by atoms with E-state index in [1.165, 1.54) is 31.2 Å². The Labute approximate surface area is 207 Å². The largest absolute Gasteiger partial charge is 0.478 e. The molecule has 6 nitrogen and oxygen atoms in total. The van der Waals surface area contributed by atoms with Crippen molar-refractivity contribution in [3.63, 3.8) is 0 Å². The van der Waals surface area contributed by atoms with E-state index in [1.807, 2.05) is 0 Å². The molecule has 1 saturated carbocycles. The number of aryl methyl sites for hydroxylation is 1. The number of hydrogen-bond donors (Lipinski definition) is 3. The molecule has 0 spiro atoms. The number of carbonyl (C=O) groups excluding carboxylic acids is 1. The summed E-state index contributed by atoms with van der Waals surface area (Å²) in [6.45, 7) is 4.29. The highest BCUT2D eigenvalue weighted by Crippen LogP contribution is 2.46. The molecule has 36 heavy (non-hydrogen) atoms. The number of benzene rings is 2. The second-order valence-corrected chi connectivity index (χ2v) is 9.48. The van der Waals surface area contributed by atoms with Crippen molar-refractivity contribution in [2.24, 2.45) is 22.7 Å². The van der Waals surface area contributed by atoms with Gasteiger partial charge in [-0.05, 0) is 61.3 Å². The minimum absolute atomic E-state index is 0.121. The first kappa shape index (κ1) is 25.5. The third-order valence-corrected chi connectivity index (χ3v) is 7.02.